The predicted molar refractivity (Wildman–Crippen MR) is 333 cm³/mol. The molecule has 80 heavy (non-hydrogen) atoms. The maximum Gasteiger partial charge on any atom is 0.179 e. The number of rotatable bonds is 14. The van der Waals surface area contributed by atoms with Gasteiger partial charge in [-0.3, -0.25) is 0 Å². The summed E-state index contributed by atoms with van der Waals surface area (Å²) in [5, 5.41) is 10.2. The van der Waals surface area contributed by atoms with Crippen molar-refractivity contribution in [3.8, 4) is 68.3 Å². The molecule has 13 aromatic rings. The molecule has 0 radical (unpaired) electrons. The Bertz CT molecular complexity index is 3730. The third kappa shape index (κ3) is 9.38. The largest absolute Gasteiger partial charge is 0.208 e. The first-order chi connectivity index (χ1) is 39.6. The molecule has 2 heterocycles. The van der Waals surface area contributed by atoms with Crippen molar-refractivity contribution >= 4 is 57.6 Å². The van der Waals surface area contributed by atoms with Gasteiger partial charge in [0.15, 0.2) is 51.1 Å². The molecule has 6 nitrogen and oxygen atoms in total. The molecule has 0 unspecified atom stereocenters. The quantitative estimate of drug-likeness (QED) is 0.0798. The van der Waals surface area contributed by atoms with Crippen LogP contribution in [0.15, 0.2) is 315 Å². The summed E-state index contributed by atoms with van der Waals surface area (Å²) in [7, 11) is -5.70. The van der Waals surface area contributed by atoms with Gasteiger partial charge in [-0.05, 0) is 41.5 Å². The van der Waals surface area contributed by atoms with E-state index in [0.717, 1.165) is 33.4 Å². The Balaban J connectivity index is 0.926. The van der Waals surface area contributed by atoms with Crippen LogP contribution in [-0.2, 0) is 0 Å². The second kappa shape index (κ2) is 22.1. The van der Waals surface area contributed by atoms with Crippen LogP contribution in [0.4, 0.5) is 0 Å². The molecule has 0 amide bonds. The lowest BCUT2D eigenvalue weighted by Crippen LogP contribution is -2.74. The summed E-state index contributed by atoms with van der Waals surface area (Å²) in [6.07, 6.45) is 0. The van der Waals surface area contributed by atoms with E-state index >= 15 is 0 Å². The molecule has 8 heteroatoms. The van der Waals surface area contributed by atoms with Crippen molar-refractivity contribution in [2.75, 3.05) is 0 Å². The van der Waals surface area contributed by atoms with Gasteiger partial charge in [-0.15, -0.1) is 0 Å². The van der Waals surface area contributed by atoms with Gasteiger partial charge in [0.25, 0.3) is 0 Å². The molecule has 13 rings (SSSR count). The highest BCUT2D eigenvalue weighted by Crippen LogP contribution is 2.29. The number of hydrogen-bond donors (Lipinski definition) is 0. The van der Waals surface area contributed by atoms with Gasteiger partial charge in [0.1, 0.15) is 0 Å². The SMILES string of the molecule is c1ccc(-c2nc(-c3ccc(-c4nc(-c5ccccc5)nc(-c5cccc([Si](c6ccccc6)(c6ccccc6)c6ccccc6)c5)n4)cc3)nc(-c3cccc([Si](c4ccccc4)(c4ccccc4)c4ccccc4)c3)n2)cc1. The van der Waals surface area contributed by atoms with Crippen LogP contribution in [0.3, 0.4) is 0 Å². The van der Waals surface area contributed by atoms with Gasteiger partial charge in [0.2, 0.25) is 0 Å². The van der Waals surface area contributed by atoms with E-state index < -0.39 is 16.1 Å². The van der Waals surface area contributed by atoms with Crippen LogP contribution in [0.25, 0.3) is 68.3 Å². The normalized spacial score (nSPS) is 11.5. The zero-order valence-corrected chi connectivity index (χ0v) is 45.7. The van der Waals surface area contributed by atoms with Crippen LogP contribution in [0.1, 0.15) is 0 Å². The Morgan fingerprint density at radius 2 is 0.325 bits per heavy atom. The minimum absolute atomic E-state index is 0.560. The molecule has 2 aromatic heterocycles. The Kier molecular flexibility index (Phi) is 13.6. The lowest BCUT2D eigenvalue weighted by molar-refractivity contribution is 1.07. The lowest BCUT2D eigenvalue weighted by Gasteiger charge is -2.34. The van der Waals surface area contributed by atoms with E-state index in [-0.39, 0.29) is 0 Å². The van der Waals surface area contributed by atoms with Gasteiger partial charge in [-0.1, -0.05) is 315 Å². The van der Waals surface area contributed by atoms with Crippen molar-refractivity contribution in [1.82, 2.24) is 29.9 Å². The third-order valence-corrected chi connectivity index (χ3v) is 24.6. The molecule has 0 N–H and O–H groups in total. The summed E-state index contributed by atoms with van der Waals surface area (Å²) < 4.78 is 0. The van der Waals surface area contributed by atoms with Crippen LogP contribution in [0.5, 0.6) is 0 Å². The van der Waals surface area contributed by atoms with Gasteiger partial charge < -0.3 is 0 Å². The van der Waals surface area contributed by atoms with Crippen LogP contribution >= 0.6 is 0 Å². The molecule has 378 valence electrons. The minimum Gasteiger partial charge on any atom is -0.208 e. The fourth-order valence-electron chi connectivity index (χ4n) is 11.4. The zero-order chi connectivity index (χ0) is 53.6. The zero-order valence-electron chi connectivity index (χ0n) is 43.7. The Hall–Kier alpha value is -10.1. The summed E-state index contributed by atoms with van der Waals surface area (Å²) in [4.78, 5) is 31.4. The van der Waals surface area contributed by atoms with E-state index in [1.165, 1.54) is 41.5 Å². The number of hydrogen-bond acceptors (Lipinski definition) is 6. The molecular weight excluding hydrogens is 1010 g/mol. The summed E-state index contributed by atoms with van der Waals surface area (Å²) in [5.74, 6) is 3.48. The van der Waals surface area contributed by atoms with E-state index in [9.17, 15) is 0 Å². The Morgan fingerprint density at radius 1 is 0.150 bits per heavy atom. The third-order valence-electron chi connectivity index (χ3n) is 15.1. The minimum atomic E-state index is -2.85. The number of benzene rings is 11. The number of nitrogens with zero attached hydrogens (tertiary/aromatic N) is 6. The van der Waals surface area contributed by atoms with Crippen molar-refractivity contribution in [1.29, 1.82) is 0 Å². The number of aromatic nitrogens is 6. The van der Waals surface area contributed by atoms with Gasteiger partial charge in [0.05, 0.1) is 0 Å². The summed E-state index contributed by atoms with van der Waals surface area (Å²) >= 11 is 0. The highest BCUT2D eigenvalue weighted by Gasteiger charge is 2.43. The van der Waals surface area contributed by atoms with E-state index in [0.29, 0.717) is 34.9 Å². The van der Waals surface area contributed by atoms with Crippen LogP contribution < -0.4 is 41.5 Å². The second-order valence-electron chi connectivity index (χ2n) is 19.8. The molecule has 0 spiro atoms. The fourth-order valence-corrected chi connectivity index (χ4v) is 21.0. The first-order valence-corrected chi connectivity index (χ1v) is 30.9. The first-order valence-electron chi connectivity index (χ1n) is 26.9. The molecule has 0 saturated heterocycles. The van der Waals surface area contributed by atoms with Crippen LogP contribution in [-0.4, -0.2) is 46.1 Å². The molecule has 11 aromatic carbocycles. The van der Waals surface area contributed by atoms with Gasteiger partial charge >= 0.3 is 0 Å². The van der Waals surface area contributed by atoms with Crippen LogP contribution in [0, 0.1) is 0 Å². The molecule has 0 fully saturated rings. The van der Waals surface area contributed by atoms with Crippen molar-refractivity contribution in [2.45, 2.75) is 0 Å². The maximum atomic E-state index is 5.30. The van der Waals surface area contributed by atoms with Crippen molar-refractivity contribution in [3.63, 3.8) is 0 Å². The highest BCUT2D eigenvalue weighted by molar-refractivity contribution is 7.20. The van der Waals surface area contributed by atoms with E-state index in [2.05, 4.69) is 255 Å². The molecule has 0 aliphatic heterocycles. The molecule has 0 bridgehead atoms. The maximum absolute atomic E-state index is 5.30. The van der Waals surface area contributed by atoms with Gasteiger partial charge in [-0.2, -0.15) is 0 Å². The van der Waals surface area contributed by atoms with Crippen molar-refractivity contribution in [2.24, 2.45) is 0 Å². The molecule has 0 saturated carbocycles. The first kappa shape index (κ1) is 49.4. The van der Waals surface area contributed by atoms with E-state index in [4.69, 9.17) is 29.9 Å². The van der Waals surface area contributed by atoms with Crippen LogP contribution in [0.2, 0.25) is 0 Å². The summed E-state index contributed by atoms with van der Waals surface area (Å²) in [6, 6.07) is 112. The predicted octanol–water partition coefficient (Wildman–Crippen LogP) is 10.8. The average molecular weight is 1060 g/mol. The van der Waals surface area contributed by atoms with Gasteiger partial charge in [0, 0.05) is 33.4 Å². The summed E-state index contributed by atoms with van der Waals surface area (Å²) in [6.45, 7) is 0. The Morgan fingerprint density at radius 3 is 0.562 bits per heavy atom. The second-order valence-corrected chi connectivity index (χ2v) is 27.4. The fraction of sp³-hybridized carbons (Fsp3) is 0. The van der Waals surface area contributed by atoms with E-state index in [1.807, 2.05) is 60.7 Å². The average Bonchev–Trinajstić information content (AvgIpc) is 3.56. The monoisotopic (exact) mass is 1060 g/mol. The topological polar surface area (TPSA) is 77.3 Å². The van der Waals surface area contributed by atoms with Crippen molar-refractivity contribution in [3.05, 3.63) is 315 Å². The molecule has 0 aliphatic carbocycles. The smallest absolute Gasteiger partial charge is 0.179 e. The standard InChI is InChI=1S/C72H52N6Si2/c1-9-27-53(28-10-1)67-73-69(77-71(75-67)57-31-25-45-65(51-57)79(59-33-13-3-14-34-59,60-35-15-4-16-36-60)61-37-17-5-18-38-61)55-47-49-56(50-48-55)70-74-68(54-29-11-2-12-30-54)76-72(78-70)58-32-26-46-66(52-58)80(62-39-19-6-20-40-62,63-41-21-7-22-42-63)64-43-23-8-24-44-64/h1-52H. The van der Waals surface area contributed by atoms with E-state index in [1.54, 1.807) is 0 Å². The Labute approximate surface area is 468 Å². The van der Waals surface area contributed by atoms with Crippen molar-refractivity contribution < 1.29 is 0 Å². The summed E-state index contributed by atoms with van der Waals surface area (Å²) in [5.41, 5.74) is 5.29. The highest BCUT2D eigenvalue weighted by atomic mass is 28.3. The molecular formula is C72H52N6Si2. The molecule has 0 atom stereocenters. The van der Waals surface area contributed by atoms with Gasteiger partial charge in [-0.25, -0.2) is 29.9 Å². The molecule has 0 aliphatic rings. The lowest BCUT2D eigenvalue weighted by atomic mass is 10.1.